The molecule has 0 radical (unpaired) electrons. The average Bonchev–Trinajstić information content (AvgIpc) is 4.48. The largest absolute Gasteiger partial charge is 0.504 e. The highest BCUT2D eigenvalue weighted by molar-refractivity contribution is 8.77. The number of nitrogens with two attached hydrogens (primary N) is 1. The van der Waals surface area contributed by atoms with E-state index in [9.17, 15) is 15.0 Å². The molecule has 17 rings (SSSR count). The van der Waals surface area contributed by atoms with Gasteiger partial charge >= 0.3 is 5.97 Å². The topological polar surface area (TPSA) is 147 Å². The number of carbonyl (C=O) groups excluding carboxylic acids is 2. The van der Waals surface area contributed by atoms with Crippen LogP contribution in [0.1, 0.15) is 202 Å². The molecule has 12 heteroatoms. The third-order valence-electron chi connectivity index (χ3n) is 24.1. The molecule has 1 saturated heterocycles. The summed E-state index contributed by atoms with van der Waals surface area (Å²) in [5.41, 5.74) is 9.39. The predicted octanol–water partition coefficient (Wildman–Crippen LogP) is 12.4. The second kappa shape index (κ2) is 19.2. The van der Waals surface area contributed by atoms with Crippen molar-refractivity contribution in [2.75, 3.05) is 18.8 Å². The Morgan fingerprint density at radius 3 is 2.64 bits per heavy atom. The van der Waals surface area contributed by atoms with Crippen LogP contribution in [0.5, 0.6) is 11.5 Å². The molecule has 7 aliphatic heterocycles. The maximum Gasteiger partial charge on any atom is 0.303 e. The molecule has 7 heterocycles. The minimum atomic E-state index is -0.811. The lowest BCUT2D eigenvalue weighted by Crippen LogP contribution is -2.56. The lowest BCUT2D eigenvalue weighted by Gasteiger charge is -2.51. The molecule has 2 aromatic rings. The zero-order valence-electron chi connectivity index (χ0n) is 45.8. The fraction of sp³-hybridized carbons (Fsp3) is 0.708. The van der Waals surface area contributed by atoms with Gasteiger partial charge in [0.05, 0.1) is 18.1 Å². The van der Waals surface area contributed by atoms with Gasteiger partial charge in [-0.15, -0.1) is 5.92 Å². The first-order valence-electron chi connectivity index (χ1n) is 30.6. The molecular formula is C65H84N4O6S2. The summed E-state index contributed by atoms with van der Waals surface area (Å²) in [5, 5.41) is 29.4. The number of hydrogen-bond acceptors (Lipinski definition) is 11. The number of aliphatic imine (C=N–C) groups is 1. The van der Waals surface area contributed by atoms with Gasteiger partial charge in [-0.25, -0.2) is 0 Å². The summed E-state index contributed by atoms with van der Waals surface area (Å²) in [5.74, 6) is 12.4. The molecule has 77 heavy (non-hydrogen) atoms. The average molecular weight is 1080 g/mol. The Morgan fingerprint density at radius 1 is 0.922 bits per heavy atom. The summed E-state index contributed by atoms with van der Waals surface area (Å²) >= 11 is 0. The molecular weight excluding hydrogens is 997 g/mol. The monoisotopic (exact) mass is 1080 g/mol. The van der Waals surface area contributed by atoms with Crippen LogP contribution in [0.4, 0.5) is 0 Å². The Hall–Kier alpha value is -3.79. The molecule has 10 nitrogen and oxygen atoms in total. The van der Waals surface area contributed by atoms with Crippen LogP contribution in [-0.4, -0.2) is 74.0 Å². The van der Waals surface area contributed by atoms with Crippen LogP contribution in [0.3, 0.4) is 0 Å². The Morgan fingerprint density at radius 2 is 1.79 bits per heavy atom. The number of phenols is 1. The number of esters is 1. The van der Waals surface area contributed by atoms with Crippen molar-refractivity contribution >= 4 is 39.4 Å². The maximum absolute atomic E-state index is 15.3. The summed E-state index contributed by atoms with van der Waals surface area (Å²) in [6.07, 6.45) is 29.9. The number of phenolic OH excluding ortho intramolecular Hbond substituents is 1. The molecule has 14 atom stereocenters. The summed E-state index contributed by atoms with van der Waals surface area (Å²) in [7, 11) is 4.21. The third kappa shape index (κ3) is 8.29. The molecule has 8 aliphatic carbocycles. The van der Waals surface area contributed by atoms with E-state index in [2.05, 4.69) is 87.3 Å². The number of rotatable bonds is 2. The van der Waals surface area contributed by atoms with E-state index in [0.717, 1.165) is 93.9 Å². The SMILES string of the molecule is CC(=O)OC12CCc3cc(c(O)c4c3C3C=CC5(CCCC5C3)O4)CN3CC4(CC3=O)C(c3ccccc3)CCC43C#CCC4CCC5(CCCC5(NC(N)=NC3)SSCC3CCC(CC35CCCC5)C(CC1)C(O)C2)C4. The van der Waals surface area contributed by atoms with Gasteiger partial charge < -0.3 is 35.6 Å². The molecule has 8 fully saturated rings. The predicted molar refractivity (Wildman–Crippen MR) is 305 cm³/mol. The van der Waals surface area contributed by atoms with Crippen LogP contribution in [0, 0.1) is 63.1 Å². The number of nitrogens with zero attached hydrogens (tertiary/aromatic N) is 2. The van der Waals surface area contributed by atoms with Gasteiger partial charge in [0.15, 0.2) is 17.5 Å². The summed E-state index contributed by atoms with van der Waals surface area (Å²) in [4.78, 5) is 35.8. The normalized spacial score (nSPS) is 42.6. The number of hydrogen-bond donors (Lipinski definition) is 4. The molecule has 7 saturated carbocycles. The number of nitrogens with one attached hydrogen (secondary N) is 1. The Kier molecular flexibility index (Phi) is 12.8. The van der Waals surface area contributed by atoms with Crippen LogP contribution in [0.2, 0.25) is 0 Å². The number of guanidine groups is 1. The Bertz CT molecular complexity index is 2810. The number of aliphatic hydroxyl groups is 1. The lowest BCUT2D eigenvalue weighted by molar-refractivity contribution is -0.171. The Balaban J connectivity index is 0.893. The second-order valence-corrected chi connectivity index (χ2v) is 30.3. The first-order chi connectivity index (χ1) is 37.3. The summed E-state index contributed by atoms with van der Waals surface area (Å²) < 4.78 is 13.8. The van der Waals surface area contributed by atoms with Crippen molar-refractivity contribution in [2.45, 2.75) is 214 Å². The minimum absolute atomic E-state index is 0.0733. The number of allylic oxidation sites excluding steroid dienone is 1. The van der Waals surface area contributed by atoms with Crippen molar-refractivity contribution in [1.29, 1.82) is 0 Å². The van der Waals surface area contributed by atoms with Gasteiger partial charge in [-0.2, -0.15) is 0 Å². The Labute approximate surface area is 465 Å². The number of aromatic hydroxyl groups is 1. The van der Waals surface area contributed by atoms with Crippen molar-refractivity contribution in [3.8, 4) is 23.3 Å². The molecule has 0 aromatic heterocycles. The van der Waals surface area contributed by atoms with E-state index in [1.165, 1.54) is 76.7 Å². The zero-order chi connectivity index (χ0) is 52.4. The highest BCUT2D eigenvalue weighted by Gasteiger charge is 2.65. The highest BCUT2D eigenvalue weighted by atomic mass is 33.1. The van der Waals surface area contributed by atoms with Gasteiger partial charge in [-0.3, -0.25) is 14.6 Å². The first-order valence-corrected chi connectivity index (χ1v) is 32.9. The van der Waals surface area contributed by atoms with Gasteiger partial charge in [-0.05, 0) is 193 Å². The maximum atomic E-state index is 15.3. The fourth-order valence-corrected chi connectivity index (χ4v) is 24.3. The number of aliphatic hydroxyl groups excluding tert-OH is 1. The van der Waals surface area contributed by atoms with Crippen molar-refractivity contribution < 1.29 is 29.3 Å². The molecule has 1 amide bonds. The van der Waals surface area contributed by atoms with E-state index in [4.69, 9.17) is 20.2 Å². The number of carbonyl (C=O) groups is 2. The van der Waals surface area contributed by atoms with E-state index in [0.29, 0.717) is 85.1 Å². The van der Waals surface area contributed by atoms with Crippen LogP contribution >= 0.6 is 21.6 Å². The third-order valence-corrected chi connectivity index (χ3v) is 27.3. The lowest BCUT2D eigenvalue weighted by atomic mass is 9.57. The van der Waals surface area contributed by atoms with Crippen molar-refractivity contribution in [3.05, 3.63) is 70.8 Å². The van der Waals surface area contributed by atoms with Crippen molar-refractivity contribution in [2.24, 2.45) is 62.0 Å². The fourth-order valence-electron chi connectivity index (χ4n) is 20.3. The molecule has 412 valence electrons. The van der Waals surface area contributed by atoms with E-state index in [1.807, 2.05) is 4.90 Å². The van der Waals surface area contributed by atoms with Crippen molar-refractivity contribution in [3.63, 3.8) is 0 Å². The van der Waals surface area contributed by atoms with Gasteiger partial charge in [0.1, 0.15) is 16.1 Å². The van der Waals surface area contributed by atoms with Gasteiger partial charge in [0, 0.05) is 78.8 Å². The van der Waals surface area contributed by atoms with Crippen LogP contribution in [0.15, 0.2) is 53.5 Å². The van der Waals surface area contributed by atoms with Crippen LogP contribution in [-0.2, 0) is 27.3 Å². The minimum Gasteiger partial charge on any atom is -0.504 e. The zero-order valence-corrected chi connectivity index (χ0v) is 47.4. The molecule has 5 N–H and O–H groups in total. The molecule has 15 aliphatic rings. The second-order valence-electron chi connectivity index (χ2n) is 27.6. The van der Waals surface area contributed by atoms with Crippen LogP contribution in [0.25, 0.3) is 0 Å². The molecule has 14 unspecified atom stereocenters. The van der Waals surface area contributed by atoms with Gasteiger partial charge in [0.2, 0.25) is 5.91 Å². The molecule has 6 spiro atoms. The number of ether oxygens (including phenoxy) is 2. The van der Waals surface area contributed by atoms with Crippen molar-refractivity contribution in [1.82, 2.24) is 10.2 Å². The van der Waals surface area contributed by atoms with Crippen LogP contribution < -0.4 is 15.8 Å². The van der Waals surface area contributed by atoms with Gasteiger partial charge in [-0.1, -0.05) is 76.8 Å². The number of aryl methyl sites for hydroxylation is 1. The number of amides is 1. The standard InChI is InChI=1S/C65H84N4O6S2/c1-42(70)74-62-29-17-45-32-48(56(73)57-55(45)46-18-31-64(75-57)25-8-13-49(64)33-46)38-69-41-63(37-54(69)72)52(44-11-3-2-4-12-44)20-28-61(63)23-7-10-43-16-27-60(34-43)24-9-26-65(60,68-58(66)67-40-61)77-76-39-50-15-14-47(35-59(50)21-5-6-22-59)51(19-30-62)53(71)36-62/h2-4,11-12,18,31-32,43,46-47,49-53,71,73H,5-6,8-10,13-17,19-22,24-30,33-41H2,1H3,(H3,66,67,68). The van der Waals surface area contributed by atoms with E-state index in [-0.39, 0.29) is 52.2 Å². The van der Waals surface area contributed by atoms with E-state index < -0.39 is 28.1 Å². The molecule has 14 bridgehead atoms. The quantitative estimate of drug-likeness (QED) is 0.0992. The number of benzene rings is 2. The highest BCUT2D eigenvalue weighted by Crippen LogP contribution is 2.68. The summed E-state index contributed by atoms with van der Waals surface area (Å²) in [6.45, 7) is 2.69. The molecule has 2 aromatic carbocycles. The van der Waals surface area contributed by atoms with E-state index >= 15 is 4.79 Å². The first kappa shape index (κ1) is 51.4. The number of fused-ring (bicyclic) bond motifs is 2. The smallest absolute Gasteiger partial charge is 0.303 e. The van der Waals surface area contributed by atoms with Gasteiger partial charge in [0.25, 0.3) is 0 Å². The summed E-state index contributed by atoms with van der Waals surface area (Å²) in [6, 6.07) is 13.0. The van der Waals surface area contributed by atoms with E-state index in [1.54, 1.807) is 0 Å².